The topological polar surface area (TPSA) is 124 Å². The first kappa shape index (κ1) is 40.6. The minimum atomic E-state index is -0.356. The van der Waals surface area contributed by atoms with E-state index in [0.717, 1.165) is 76.9 Å². The number of amides is 2. The summed E-state index contributed by atoms with van der Waals surface area (Å²) in [5, 5.41) is 0. The Labute approximate surface area is 361 Å². The van der Waals surface area contributed by atoms with Gasteiger partial charge in [0.1, 0.15) is 6.29 Å². The monoisotopic (exact) mass is 866 g/mol. The van der Waals surface area contributed by atoms with Crippen LogP contribution in [0.3, 0.4) is 0 Å². The molecule has 4 unspecified atom stereocenters. The van der Waals surface area contributed by atoms with Gasteiger partial charge in [0.15, 0.2) is 0 Å². The van der Waals surface area contributed by atoms with Gasteiger partial charge in [0.25, 0.3) is 0 Å². The maximum absolute atomic E-state index is 13.0. The molecule has 9 nitrogen and oxygen atoms in total. The summed E-state index contributed by atoms with van der Waals surface area (Å²) in [5.41, 5.74) is 17.8. The Morgan fingerprint density at radius 3 is 1.42 bits per heavy atom. The maximum Gasteiger partial charge on any atom is 0.221 e. The zero-order chi connectivity index (χ0) is 34.8. The molecule has 10 aliphatic carbocycles. The molecule has 8 bridgehead atoms. The van der Waals surface area contributed by atoms with E-state index in [9.17, 15) is 14.4 Å². The second-order valence-electron chi connectivity index (χ2n) is 19.6. The molecule has 0 aromatic carbocycles. The summed E-state index contributed by atoms with van der Waals surface area (Å²) in [6, 6.07) is 0.0884. The van der Waals surface area contributed by atoms with Gasteiger partial charge in [-0.1, -0.05) is 6.08 Å². The molecule has 0 aromatic heterocycles. The van der Waals surface area contributed by atoms with Crippen LogP contribution in [0.1, 0.15) is 116 Å². The van der Waals surface area contributed by atoms with Crippen molar-refractivity contribution in [3.8, 4) is 0 Å². The predicted octanol–water partition coefficient (Wildman–Crippen LogP) is 6.92. The van der Waals surface area contributed by atoms with Crippen molar-refractivity contribution >= 4 is 18.1 Å². The third-order valence-electron chi connectivity index (χ3n) is 16.5. The number of rotatable bonds is 10. The SMILES string of the molecule is C=C[C@@H]1C[C@@H]2C[C@@H]2N1C(=O)C[C@@H]([NH-])C12CC3CC(CC(OC)(C3)C1)C2.COC12CC3CC(C1)CC([C@H]([NH-])CC(=O)N1[C@H](C=O)C[C@@H]4C[C@@H]41)(C3)C2.[Y].[Y]. The van der Waals surface area contributed by atoms with Gasteiger partial charge in [0, 0.05) is 105 Å². The molecule has 11 heteroatoms. The summed E-state index contributed by atoms with van der Waals surface area (Å²) < 4.78 is 12.0. The molecule has 12 rings (SSSR count). The molecule has 12 atom stereocenters. The Kier molecular flexibility index (Phi) is 11.4. The number of nitrogens with one attached hydrogen (secondary N) is 2. The van der Waals surface area contributed by atoms with E-state index in [0.29, 0.717) is 48.0 Å². The van der Waals surface area contributed by atoms with Gasteiger partial charge in [-0.3, -0.25) is 9.59 Å². The molecular weight excluding hydrogens is 806 g/mol. The molecule has 2 radical (unpaired) electrons. The number of methoxy groups -OCH3 is 2. The zero-order valence-electron chi connectivity index (χ0n) is 31.6. The van der Waals surface area contributed by atoms with E-state index in [2.05, 4.69) is 11.5 Å². The van der Waals surface area contributed by atoms with Gasteiger partial charge in [-0.25, -0.2) is 0 Å². The standard InChI is InChI=1S/C21H31N2O2.C20H29N2O3.2Y/c1-3-16-5-15-6-17(15)23(16)19(24)7-18(22)20-8-13-4-14(9-20)11-21(10-13,12-20)25-2;1-25-20-8-12-2-13(9-20)7-19(6-12,11-20)17(21)5-18(24)22-15(10-23)3-14-4-16(14)22;;/h3,13-18,22H,1,4-12H2,2H3;10,12-17,21H,2-9,11H2,1H3;;/q2*-1;;/t13?,14?,15-,16-,17+,18-,20?,21?;12?,13?,14-,15+,16+,17-,19?,20?;;/m11../s1. The molecule has 2 heterocycles. The smallest absolute Gasteiger partial charge is 0.221 e. The summed E-state index contributed by atoms with van der Waals surface area (Å²) in [4.78, 5) is 41.2. The van der Waals surface area contributed by atoms with Crippen molar-refractivity contribution in [2.75, 3.05) is 14.2 Å². The molecule has 2 N–H and O–H groups in total. The van der Waals surface area contributed by atoms with Crippen LogP contribution in [0.5, 0.6) is 0 Å². The van der Waals surface area contributed by atoms with Gasteiger partial charge >= 0.3 is 0 Å². The minimum absolute atomic E-state index is 0. The van der Waals surface area contributed by atoms with Crippen LogP contribution in [-0.4, -0.2) is 89.6 Å². The summed E-state index contributed by atoms with van der Waals surface area (Å²) >= 11 is 0. The average Bonchev–Trinajstić information content (AvgIpc) is 3.96. The van der Waals surface area contributed by atoms with E-state index in [4.69, 9.17) is 20.9 Å². The molecule has 12 fully saturated rings. The van der Waals surface area contributed by atoms with Crippen LogP contribution < -0.4 is 0 Å². The molecule has 52 heavy (non-hydrogen) atoms. The predicted molar refractivity (Wildman–Crippen MR) is 190 cm³/mol. The third-order valence-corrected chi connectivity index (χ3v) is 16.5. The normalized spacial score (nSPS) is 48.7. The van der Waals surface area contributed by atoms with Crippen LogP contribution in [0.4, 0.5) is 0 Å². The van der Waals surface area contributed by atoms with Gasteiger partial charge in [-0.2, -0.15) is 0 Å². The van der Waals surface area contributed by atoms with Gasteiger partial charge < -0.3 is 35.5 Å². The Morgan fingerprint density at radius 1 is 0.673 bits per heavy atom. The van der Waals surface area contributed by atoms with Crippen molar-refractivity contribution in [2.45, 2.75) is 163 Å². The van der Waals surface area contributed by atoms with Crippen LogP contribution in [0.15, 0.2) is 12.7 Å². The second-order valence-corrected chi connectivity index (χ2v) is 19.6. The van der Waals surface area contributed by atoms with Crippen LogP contribution in [0.2, 0.25) is 0 Å². The van der Waals surface area contributed by atoms with Crippen LogP contribution >= 0.6 is 0 Å². The van der Waals surface area contributed by atoms with Gasteiger partial charge in [0.05, 0.1) is 23.3 Å². The third kappa shape index (κ3) is 6.81. The molecule has 12 aliphatic rings. The zero-order valence-corrected chi connectivity index (χ0v) is 37.3. The number of ether oxygens (including phenoxy) is 2. The number of hydrogen-bond acceptors (Lipinski definition) is 5. The van der Waals surface area contributed by atoms with Crippen molar-refractivity contribution in [2.24, 2.45) is 46.3 Å². The van der Waals surface area contributed by atoms with Crippen molar-refractivity contribution < 1.29 is 89.3 Å². The minimum Gasteiger partial charge on any atom is -0.674 e. The fourth-order valence-electron chi connectivity index (χ4n) is 14.8. The molecular formula is C41H60N4O5Y2-2. The number of carbonyl (C=O) groups excluding carboxylic acids is 3. The van der Waals surface area contributed by atoms with Crippen LogP contribution in [-0.2, 0) is 89.3 Å². The van der Waals surface area contributed by atoms with E-state index in [-0.39, 0.29) is 136 Å². The first-order chi connectivity index (χ1) is 23.9. The summed E-state index contributed by atoms with van der Waals surface area (Å²) in [6.07, 6.45) is 21.4. The molecule has 282 valence electrons. The fraction of sp³-hybridized carbons (Fsp3) is 0.878. The number of piperidine rings is 2. The number of nitrogens with zero attached hydrogens (tertiary/aromatic N) is 2. The van der Waals surface area contributed by atoms with Crippen molar-refractivity contribution in [3.63, 3.8) is 0 Å². The number of hydrogen-bond donors (Lipinski definition) is 0. The van der Waals surface area contributed by atoms with E-state index in [1.54, 1.807) is 0 Å². The Bertz CT molecular complexity index is 1300. The quantitative estimate of drug-likeness (QED) is 0.174. The Morgan fingerprint density at radius 2 is 1.06 bits per heavy atom. The Hall–Kier alpha value is 0.398. The molecule has 2 amide bonds. The average molecular weight is 867 g/mol. The van der Waals surface area contributed by atoms with Gasteiger partial charge in [0.2, 0.25) is 11.8 Å². The van der Waals surface area contributed by atoms with Gasteiger partial charge in [-0.15, -0.1) is 18.7 Å². The van der Waals surface area contributed by atoms with Crippen molar-refractivity contribution in [1.29, 1.82) is 0 Å². The molecule has 2 saturated heterocycles. The number of aldehydes is 1. The first-order valence-electron chi connectivity index (χ1n) is 20.2. The summed E-state index contributed by atoms with van der Waals surface area (Å²) in [7, 11) is 3.69. The Balaban J connectivity index is 0.000000156. The molecule has 10 saturated carbocycles. The van der Waals surface area contributed by atoms with Crippen molar-refractivity contribution in [3.05, 3.63) is 24.1 Å². The number of likely N-dealkylation sites (tertiary alicyclic amines) is 2. The first-order valence-corrected chi connectivity index (χ1v) is 20.2. The van der Waals surface area contributed by atoms with Crippen LogP contribution in [0, 0.1) is 46.3 Å². The van der Waals surface area contributed by atoms with Crippen molar-refractivity contribution in [1.82, 2.24) is 9.80 Å². The summed E-state index contributed by atoms with van der Waals surface area (Å²) in [5.74, 6) is 4.26. The fourth-order valence-corrected chi connectivity index (χ4v) is 14.8. The molecule has 0 aromatic rings. The van der Waals surface area contributed by atoms with Crippen LogP contribution in [0.25, 0.3) is 11.5 Å². The van der Waals surface area contributed by atoms with E-state index in [1.165, 1.54) is 32.1 Å². The largest absolute Gasteiger partial charge is 0.674 e. The summed E-state index contributed by atoms with van der Waals surface area (Å²) in [6.45, 7) is 3.93. The molecule has 0 spiro atoms. The second kappa shape index (κ2) is 14.7. The number of carbonyl (C=O) groups is 3. The molecule has 2 aliphatic heterocycles. The number of fused-ring (bicyclic) bond motifs is 2. The maximum atomic E-state index is 13.0. The van der Waals surface area contributed by atoms with E-state index >= 15 is 0 Å². The van der Waals surface area contributed by atoms with E-state index in [1.807, 2.05) is 25.2 Å². The van der Waals surface area contributed by atoms with Gasteiger partial charge in [-0.05, 0) is 149 Å². The van der Waals surface area contributed by atoms with E-state index < -0.39 is 0 Å².